The Morgan fingerprint density at radius 3 is 2.48 bits per heavy atom. The third-order valence-electron chi connectivity index (χ3n) is 3.46. The van der Waals surface area contributed by atoms with Crippen LogP contribution in [0.5, 0.6) is 0 Å². The van der Waals surface area contributed by atoms with Gasteiger partial charge < -0.3 is 14.9 Å². The van der Waals surface area contributed by atoms with E-state index >= 15 is 0 Å². The maximum atomic E-state index is 11.4. The van der Waals surface area contributed by atoms with Crippen LogP contribution >= 0.6 is 11.6 Å². The Morgan fingerprint density at radius 2 is 1.90 bits per heavy atom. The Hall–Kier alpha value is -2.01. The highest BCUT2D eigenvalue weighted by Crippen LogP contribution is 2.31. The number of halogens is 1. The first-order chi connectivity index (χ1) is 9.99. The molecule has 1 aromatic rings. The molecule has 0 saturated carbocycles. The fourth-order valence-corrected chi connectivity index (χ4v) is 2.71. The molecule has 5 nitrogen and oxygen atoms in total. The lowest BCUT2D eigenvalue weighted by Crippen LogP contribution is -2.48. The number of nitrogens with zero attached hydrogens (tertiary/aromatic N) is 2. The molecule has 0 atom stereocenters. The van der Waals surface area contributed by atoms with Gasteiger partial charge in [0.25, 0.3) is 0 Å². The monoisotopic (exact) mass is 308 g/mol. The van der Waals surface area contributed by atoms with Gasteiger partial charge >= 0.3 is 5.97 Å². The zero-order chi connectivity index (χ0) is 15.4. The van der Waals surface area contributed by atoms with E-state index < -0.39 is 5.97 Å². The van der Waals surface area contributed by atoms with Gasteiger partial charge in [0.05, 0.1) is 10.7 Å². The fraction of sp³-hybridized carbons (Fsp3) is 0.333. The van der Waals surface area contributed by atoms with Crippen molar-refractivity contribution in [3.8, 4) is 0 Å². The van der Waals surface area contributed by atoms with Crippen LogP contribution in [0.3, 0.4) is 0 Å². The van der Waals surface area contributed by atoms with Crippen LogP contribution in [-0.4, -0.2) is 48.1 Å². The number of para-hydroxylation sites is 1. The van der Waals surface area contributed by atoms with Gasteiger partial charge in [-0.15, -0.1) is 0 Å². The summed E-state index contributed by atoms with van der Waals surface area (Å²) < 4.78 is 0. The van der Waals surface area contributed by atoms with Crippen LogP contribution in [-0.2, 0) is 9.59 Å². The van der Waals surface area contributed by atoms with Gasteiger partial charge in [0.1, 0.15) is 0 Å². The number of carbonyl (C=O) groups is 2. The number of rotatable bonds is 3. The Bertz CT molecular complexity index is 578. The number of piperazine rings is 1. The molecule has 0 radical (unpaired) electrons. The van der Waals surface area contributed by atoms with Crippen molar-refractivity contribution < 1.29 is 14.7 Å². The molecular weight excluding hydrogens is 292 g/mol. The predicted octanol–water partition coefficient (Wildman–Crippen LogP) is 2.11. The molecule has 0 aromatic heterocycles. The molecule has 0 bridgehead atoms. The Morgan fingerprint density at radius 1 is 1.24 bits per heavy atom. The molecule has 1 heterocycles. The number of anilines is 1. The number of carbonyl (C=O) groups excluding carboxylic acids is 1. The summed E-state index contributed by atoms with van der Waals surface area (Å²) >= 11 is 6.27. The lowest BCUT2D eigenvalue weighted by atomic mass is 10.1. The van der Waals surface area contributed by atoms with E-state index in [4.69, 9.17) is 16.7 Å². The molecule has 1 aliphatic heterocycles. The molecule has 1 saturated heterocycles. The van der Waals surface area contributed by atoms with Gasteiger partial charge in [-0.1, -0.05) is 23.7 Å². The number of benzene rings is 1. The van der Waals surface area contributed by atoms with Gasteiger partial charge in [0, 0.05) is 39.2 Å². The second-order valence-corrected chi connectivity index (χ2v) is 5.25. The Balaban J connectivity index is 2.23. The summed E-state index contributed by atoms with van der Waals surface area (Å²) in [7, 11) is 0. The third-order valence-corrected chi connectivity index (χ3v) is 3.77. The molecule has 112 valence electrons. The SMILES string of the molecule is CC(=O)N1CCN(c2c(Cl)cccc2/C=C/C(=O)O)CC1. The highest BCUT2D eigenvalue weighted by Gasteiger charge is 2.21. The zero-order valence-electron chi connectivity index (χ0n) is 11.8. The first-order valence-electron chi connectivity index (χ1n) is 6.69. The van der Waals surface area contributed by atoms with E-state index in [2.05, 4.69) is 4.90 Å². The number of aliphatic carboxylic acids is 1. The van der Waals surface area contributed by atoms with E-state index in [-0.39, 0.29) is 5.91 Å². The molecule has 0 aliphatic carbocycles. The number of hydrogen-bond acceptors (Lipinski definition) is 3. The summed E-state index contributed by atoms with van der Waals surface area (Å²) in [6.07, 6.45) is 2.64. The van der Waals surface area contributed by atoms with E-state index in [1.807, 2.05) is 6.07 Å². The second-order valence-electron chi connectivity index (χ2n) is 4.84. The minimum atomic E-state index is -0.998. The fourth-order valence-electron chi connectivity index (χ4n) is 2.41. The highest BCUT2D eigenvalue weighted by molar-refractivity contribution is 6.33. The standard InChI is InChI=1S/C15H17ClN2O3/c1-11(19)17-7-9-18(10-8-17)15-12(5-6-14(20)21)3-2-4-13(15)16/h2-6H,7-10H2,1H3,(H,20,21)/b6-5+. The normalized spacial score (nSPS) is 15.5. The van der Waals surface area contributed by atoms with Crippen LogP contribution < -0.4 is 4.90 Å². The minimum Gasteiger partial charge on any atom is -0.478 e. The number of hydrogen-bond donors (Lipinski definition) is 1. The summed E-state index contributed by atoms with van der Waals surface area (Å²) in [6, 6.07) is 5.41. The molecule has 1 aromatic carbocycles. The van der Waals surface area contributed by atoms with Gasteiger partial charge in [-0.2, -0.15) is 0 Å². The number of carboxylic acid groups (broad SMARTS) is 1. The first kappa shape index (κ1) is 15.4. The van der Waals surface area contributed by atoms with Crippen molar-refractivity contribution >= 4 is 35.2 Å². The Labute approximate surface area is 128 Å². The van der Waals surface area contributed by atoms with E-state index in [0.717, 1.165) is 17.3 Å². The van der Waals surface area contributed by atoms with Gasteiger partial charge in [-0.3, -0.25) is 4.79 Å². The lowest BCUT2D eigenvalue weighted by molar-refractivity contribution is -0.131. The summed E-state index contributed by atoms with van der Waals surface area (Å²) in [5, 5.41) is 9.35. The van der Waals surface area contributed by atoms with Gasteiger partial charge in [-0.05, 0) is 17.7 Å². The van der Waals surface area contributed by atoms with Gasteiger partial charge in [0.15, 0.2) is 0 Å². The van der Waals surface area contributed by atoms with Crippen molar-refractivity contribution in [3.05, 3.63) is 34.9 Å². The average molecular weight is 309 g/mol. The van der Waals surface area contributed by atoms with Gasteiger partial charge in [0.2, 0.25) is 5.91 Å². The largest absolute Gasteiger partial charge is 0.478 e. The molecule has 0 unspecified atom stereocenters. The number of amides is 1. The molecule has 1 amide bonds. The average Bonchev–Trinajstić information content (AvgIpc) is 2.45. The molecule has 2 rings (SSSR count). The van der Waals surface area contributed by atoms with Crippen molar-refractivity contribution in [2.75, 3.05) is 31.1 Å². The van der Waals surface area contributed by atoms with Crippen LogP contribution in [0.1, 0.15) is 12.5 Å². The van der Waals surface area contributed by atoms with E-state index in [1.165, 1.54) is 0 Å². The zero-order valence-corrected chi connectivity index (χ0v) is 12.5. The van der Waals surface area contributed by atoms with E-state index in [9.17, 15) is 9.59 Å². The lowest BCUT2D eigenvalue weighted by Gasteiger charge is -2.36. The van der Waals surface area contributed by atoms with Crippen molar-refractivity contribution in [2.45, 2.75) is 6.92 Å². The minimum absolute atomic E-state index is 0.0693. The van der Waals surface area contributed by atoms with Crippen LogP contribution in [0.4, 0.5) is 5.69 Å². The molecule has 1 fully saturated rings. The summed E-state index contributed by atoms with van der Waals surface area (Å²) in [5.74, 6) is -0.929. The smallest absolute Gasteiger partial charge is 0.328 e. The van der Waals surface area contributed by atoms with E-state index in [0.29, 0.717) is 31.2 Å². The second kappa shape index (κ2) is 6.63. The Kier molecular flexibility index (Phi) is 4.85. The molecule has 6 heteroatoms. The van der Waals surface area contributed by atoms with Crippen LogP contribution in [0.25, 0.3) is 6.08 Å². The van der Waals surface area contributed by atoms with Crippen molar-refractivity contribution in [3.63, 3.8) is 0 Å². The summed E-state index contributed by atoms with van der Waals surface area (Å²) in [6.45, 7) is 4.20. The maximum Gasteiger partial charge on any atom is 0.328 e. The third kappa shape index (κ3) is 3.76. The molecule has 21 heavy (non-hydrogen) atoms. The van der Waals surface area contributed by atoms with E-state index in [1.54, 1.807) is 30.0 Å². The molecule has 0 spiro atoms. The number of carboxylic acids is 1. The molecule has 1 aliphatic rings. The maximum absolute atomic E-state index is 11.4. The highest BCUT2D eigenvalue weighted by atomic mass is 35.5. The quantitative estimate of drug-likeness (QED) is 0.869. The van der Waals surface area contributed by atoms with Crippen molar-refractivity contribution in [1.82, 2.24) is 4.90 Å². The van der Waals surface area contributed by atoms with Crippen molar-refractivity contribution in [1.29, 1.82) is 0 Å². The summed E-state index contributed by atoms with van der Waals surface area (Å²) in [5.41, 5.74) is 1.58. The first-order valence-corrected chi connectivity index (χ1v) is 7.07. The topological polar surface area (TPSA) is 60.9 Å². The van der Waals surface area contributed by atoms with Crippen molar-refractivity contribution in [2.24, 2.45) is 0 Å². The van der Waals surface area contributed by atoms with Crippen LogP contribution in [0, 0.1) is 0 Å². The molecule has 1 N–H and O–H groups in total. The summed E-state index contributed by atoms with van der Waals surface area (Å²) in [4.78, 5) is 25.9. The van der Waals surface area contributed by atoms with Crippen LogP contribution in [0.2, 0.25) is 5.02 Å². The van der Waals surface area contributed by atoms with Gasteiger partial charge in [-0.25, -0.2) is 4.79 Å². The predicted molar refractivity (Wildman–Crippen MR) is 82.6 cm³/mol. The van der Waals surface area contributed by atoms with Crippen LogP contribution in [0.15, 0.2) is 24.3 Å². The molecular formula is C15H17ClN2O3.